The molecule has 1 aliphatic carbocycles. The van der Waals surface area contributed by atoms with E-state index in [1.165, 1.54) is 12.8 Å². The molecule has 0 saturated heterocycles. The number of para-hydroxylation sites is 1. The molecule has 3 N–H and O–H groups in total. The van der Waals surface area contributed by atoms with E-state index in [4.69, 9.17) is 10.5 Å². The third-order valence-corrected chi connectivity index (χ3v) is 3.50. The SMILES string of the molecule is NCc1ccccc1NC(=O)CCOC1CCCC1. The Balaban J connectivity index is 1.74. The second-order valence-corrected chi connectivity index (χ2v) is 4.94. The lowest BCUT2D eigenvalue weighted by Crippen LogP contribution is -2.18. The zero-order chi connectivity index (χ0) is 13.5. The summed E-state index contributed by atoms with van der Waals surface area (Å²) in [4.78, 5) is 11.8. The number of hydrogen-bond donors (Lipinski definition) is 2. The molecule has 0 bridgehead atoms. The van der Waals surface area contributed by atoms with Crippen molar-refractivity contribution in [3.63, 3.8) is 0 Å². The summed E-state index contributed by atoms with van der Waals surface area (Å²) in [5.41, 5.74) is 7.39. The number of carbonyl (C=O) groups is 1. The average Bonchev–Trinajstić information content (AvgIpc) is 2.92. The third-order valence-electron chi connectivity index (χ3n) is 3.50. The fourth-order valence-electron chi connectivity index (χ4n) is 2.41. The fourth-order valence-corrected chi connectivity index (χ4v) is 2.41. The van der Waals surface area contributed by atoms with Crippen molar-refractivity contribution in [1.29, 1.82) is 0 Å². The van der Waals surface area contributed by atoms with E-state index < -0.39 is 0 Å². The lowest BCUT2D eigenvalue weighted by Gasteiger charge is -2.12. The van der Waals surface area contributed by atoms with Crippen LogP contribution in [0.1, 0.15) is 37.7 Å². The highest BCUT2D eigenvalue weighted by molar-refractivity contribution is 5.91. The van der Waals surface area contributed by atoms with Crippen molar-refractivity contribution in [3.8, 4) is 0 Å². The summed E-state index contributed by atoms with van der Waals surface area (Å²) in [5.74, 6) is -0.0149. The third kappa shape index (κ3) is 4.33. The summed E-state index contributed by atoms with van der Waals surface area (Å²) in [6.45, 7) is 0.927. The van der Waals surface area contributed by atoms with Gasteiger partial charge in [-0.2, -0.15) is 0 Å². The summed E-state index contributed by atoms with van der Waals surface area (Å²) in [7, 11) is 0. The van der Waals surface area contributed by atoms with Crippen LogP contribution in [0.15, 0.2) is 24.3 Å². The first-order chi connectivity index (χ1) is 9.29. The van der Waals surface area contributed by atoms with Crippen LogP contribution in [0, 0.1) is 0 Å². The van der Waals surface area contributed by atoms with Gasteiger partial charge in [0.1, 0.15) is 0 Å². The van der Waals surface area contributed by atoms with Gasteiger partial charge < -0.3 is 15.8 Å². The lowest BCUT2D eigenvalue weighted by atomic mass is 10.2. The summed E-state index contributed by atoms with van der Waals surface area (Å²) in [6.07, 6.45) is 5.54. The topological polar surface area (TPSA) is 64.3 Å². The van der Waals surface area contributed by atoms with E-state index in [2.05, 4.69) is 5.32 Å². The Morgan fingerprint density at radius 3 is 2.79 bits per heavy atom. The van der Waals surface area contributed by atoms with Crippen molar-refractivity contribution in [1.82, 2.24) is 0 Å². The van der Waals surface area contributed by atoms with Gasteiger partial charge in [0.2, 0.25) is 5.91 Å². The molecule has 1 aliphatic rings. The van der Waals surface area contributed by atoms with Crippen molar-refractivity contribution in [2.24, 2.45) is 5.73 Å². The maximum absolute atomic E-state index is 11.8. The number of anilines is 1. The number of hydrogen-bond acceptors (Lipinski definition) is 3. The van der Waals surface area contributed by atoms with E-state index in [1.807, 2.05) is 24.3 Å². The number of amides is 1. The highest BCUT2D eigenvalue weighted by Gasteiger charge is 2.15. The van der Waals surface area contributed by atoms with Crippen LogP contribution in [-0.2, 0) is 16.1 Å². The maximum atomic E-state index is 11.8. The number of nitrogens with one attached hydrogen (secondary N) is 1. The Morgan fingerprint density at radius 2 is 2.05 bits per heavy atom. The molecule has 1 saturated carbocycles. The Labute approximate surface area is 114 Å². The van der Waals surface area contributed by atoms with Crippen molar-refractivity contribution < 1.29 is 9.53 Å². The summed E-state index contributed by atoms with van der Waals surface area (Å²) >= 11 is 0. The second kappa shape index (κ2) is 7.26. The molecule has 19 heavy (non-hydrogen) atoms. The van der Waals surface area contributed by atoms with E-state index in [9.17, 15) is 4.79 Å². The molecule has 1 fully saturated rings. The van der Waals surface area contributed by atoms with Gasteiger partial charge >= 0.3 is 0 Å². The molecule has 1 aromatic carbocycles. The minimum Gasteiger partial charge on any atom is -0.378 e. The highest BCUT2D eigenvalue weighted by atomic mass is 16.5. The molecule has 0 heterocycles. The van der Waals surface area contributed by atoms with Crippen LogP contribution in [-0.4, -0.2) is 18.6 Å². The van der Waals surface area contributed by atoms with Crippen molar-refractivity contribution in [2.75, 3.05) is 11.9 Å². The number of ether oxygens (including phenoxy) is 1. The van der Waals surface area contributed by atoms with E-state index >= 15 is 0 Å². The second-order valence-electron chi connectivity index (χ2n) is 4.94. The summed E-state index contributed by atoms with van der Waals surface area (Å²) < 4.78 is 5.68. The number of rotatable bonds is 6. The van der Waals surface area contributed by atoms with E-state index in [0.29, 0.717) is 25.7 Å². The first kappa shape index (κ1) is 14.0. The van der Waals surface area contributed by atoms with Gasteiger partial charge in [0.15, 0.2) is 0 Å². The van der Waals surface area contributed by atoms with Gasteiger partial charge in [-0.3, -0.25) is 4.79 Å². The van der Waals surface area contributed by atoms with Crippen LogP contribution >= 0.6 is 0 Å². The Morgan fingerprint density at radius 1 is 1.32 bits per heavy atom. The average molecular weight is 262 g/mol. The molecular weight excluding hydrogens is 240 g/mol. The van der Waals surface area contributed by atoms with Crippen LogP contribution in [0.5, 0.6) is 0 Å². The summed E-state index contributed by atoms with van der Waals surface area (Å²) in [6, 6.07) is 7.60. The van der Waals surface area contributed by atoms with Crippen molar-refractivity contribution >= 4 is 11.6 Å². The van der Waals surface area contributed by atoms with E-state index in [0.717, 1.165) is 24.1 Å². The molecule has 2 rings (SSSR count). The van der Waals surface area contributed by atoms with Crippen LogP contribution in [0.4, 0.5) is 5.69 Å². The smallest absolute Gasteiger partial charge is 0.226 e. The van der Waals surface area contributed by atoms with Crippen LogP contribution < -0.4 is 11.1 Å². The fraction of sp³-hybridized carbons (Fsp3) is 0.533. The molecule has 0 spiro atoms. The Kier molecular flexibility index (Phi) is 5.36. The molecule has 0 atom stereocenters. The van der Waals surface area contributed by atoms with E-state index in [1.54, 1.807) is 0 Å². The molecule has 0 radical (unpaired) electrons. The monoisotopic (exact) mass is 262 g/mol. The van der Waals surface area contributed by atoms with Gasteiger partial charge in [-0.25, -0.2) is 0 Å². The Bertz CT molecular complexity index is 414. The first-order valence-corrected chi connectivity index (χ1v) is 6.99. The van der Waals surface area contributed by atoms with Gasteiger partial charge in [-0.1, -0.05) is 31.0 Å². The van der Waals surface area contributed by atoms with Crippen LogP contribution in [0.3, 0.4) is 0 Å². The molecule has 4 nitrogen and oxygen atoms in total. The molecule has 0 unspecified atom stereocenters. The van der Waals surface area contributed by atoms with E-state index in [-0.39, 0.29) is 5.91 Å². The molecular formula is C15H22N2O2. The zero-order valence-corrected chi connectivity index (χ0v) is 11.2. The lowest BCUT2D eigenvalue weighted by molar-refractivity contribution is -0.117. The van der Waals surface area contributed by atoms with Crippen LogP contribution in [0.25, 0.3) is 0 Å². The maximum Gasteiger partial charge on any atom is 0.226 e. The Hall–Kier alpha value is -1.39. The van der Waals surface area contributed by atoms with Gasteiger partial charge in [-0.05, 0) is 24.5 Å². The highest BCUT2D eigenvalue weighted by Crippen LogP contribution is 2.21. The molecule has 0 aromatic heterocycles. The number of nitrogens with two attached hydrogens (primary N) is 1. The molecule has 1 aromatic rings. The predicted molar refractivity (Wildman–Crippen MR) is 75.8 cm³/mol. The van der Waals surface area contributed by atoms with Crippen LogP contribution in [0.2, 0.25) is 0 Å². The number of carbonyl (C=O) groups excluding carboxylic acids is 1. The normalized spacial score (nSPS) is 15.6. The van der Waals surface area contributed by atoms with Crippen molar-refractivity contribution in [2.45, 2.75) is 44.8 Å². The van der Waals surface area contributed by atoms with Gasteiger partial charge in [0.05, 0.1) is 19.1 Å². The quantitative estimate of drug-likeness (QED) is 0.827. The minimum atomic E-state index is -0.0149. The summed E-state index contributed by atoms with van der Waals surface area (Å²) in [5, 5.41) is 2.89. The minimum absolute atomic E-state index is 0.0149. The molecule has 0 aliphatic heterocycles. The molecule has 104 valence electrons. The van der Waals surface area contributed by atoms with Gasteiger partial charge in [0.25, 0.3) is 0 Å². The standard InChI is InChI=1S/C15H22N2O2/c16-11-12-5-1-4-8-14(12)17-15(18)9-10-19-13-6-2-3-7-13/h1,4-5,8,13H,2-3,6-7,9-11,16H2,(H,17,18). The predicted octanol–water partition coefficient (Wildman–Crippen LogP) is 2.43. The van der Waals surface area contributed by atoms with Gasteiger partial charge in [0, 0.05) is 12.2 Å². The number of benzene rings is 1. The molecule has 4 heteroatoms. The largest absolute Gasteiger partial charge is 0.378 e. The molecule has 1 amide bonds. The zero-order valence-electron chi connectivity index (χ0n) is 11.2. The first-order valence-electron chi connectivity index (χ1n) is 6.99. The van der Waals surface area contributed by atoms with Crippen molar-refractivity contribution in [3.05, 3.63) is 29.8 Å². The van der Waals surface area contributed by atoms with Gasteiger partial charge in [-0.15, -0.1) is 0 Å².